The van der Waals surface area contributed by atoms with Gasteiger partial charge in [0.05, 0.1) is 14.4 Å². The molecule has 0 N–H and O–H groups in total. The molecule has 8 nitrogen and oxygen atoms in total. The molecule has 0 aromatic heterocycles. The van der Waals surface area contributed by atoms with E-state index in [-0.39, 0.29) is 65.5 Å². The first-order chi connectivity index (χ1) is 17.3. The van der Waals surface area contributed by atoms with Crippen molar-refractivity contribution in [2.45, 2.75) is 58.0 Å². The Kier molecular flexibility index (Phi) is 29.8. The van der Waals surface area contributed by atoms with Gasteiger partial charge in [0.2, 0.25) is 0 Å². The predicted octanol–water partition coefficient (Wildman–Crippen LogP) is -5.30. The summed E-state index contributed by atoms with van der Waals surface area (Å²) >= 11 is 0. The van der Waals surface area contributed by atoms with Crippen LogP contribution in [0.2, 0.25) is 0 Å². The van der Waals surface area contributed by atoms with Crippen molar-refractivity contribution in [2.75, 3.05) is 13.2 Å². The Balaban J connectivity index is -0.00000612. The number of esters is 2. The summed E-state index contributed by atoms with van der Waals surface area (Å²) in [5.74, 6) is 28.3. The van der Waals surface area contributed by atoms with E-state index in [4.69, 9.17) is 15.9 Å². The molecular formula is C27H23Na2O8P. The van der Waals surface area contributed by atoms with Gasteiger partial charge in [-0.2, -0.15) is 0 Å². The van der Waals surface area contributed by atoms with Gasteiger partial charge in [-0.05, 0) is 77.5 Å². The normalized spacial score (nSPS) is 9.00. The van der Waals surface area contributed by atoms with Crippen LogP contribution in [-0.4, -0.2) is 31.3 Å². The fraction of sp³-hybridized carbons (Fsp3) is 0.407. The van der Waals surface area contributed by atoms with Gasteiger partial charge in [-0.15, -0.1) is 6.42 Å². The van der Waals surface area contributed by atoms with Crippen molar-refractivity contribution in [3.8, 4) is 83.4 Å². The summed E-state index contributed by atoms with van der Waals surface area (Å²) in [6.45, 7) is 0.746. The van der Waals surface area contributed by atoms with Gasteiger partial charge in [0.15, 0.2) is 6.10 Å². The van der Waals surface area contributed by atoms with Crippen molar-refractivity contribution in [1.82, 2.24) is 0 Å². The van der Waals surface area contributed by atoms with E-state index in [9.17, 15) is 23.9 Å². The van der Waals surface area contributed by atoms with Gasteiger partial charge in [-0.25, -0.2) is 4.79 Å². The van der Waals surface area contributed by atoms with Crippen LogP contribution in [0.1, 0.15) is 51.9 Å². The zero-order chi connectivity index (χ0) is 26.9. The van der Waals surface area contributed by atoms with Crippen LogP contribution in [0, 0.1) is 83.4 Å². The molecule has 0 bridgehead atoms. The van der Waals surface area contributed by atoms with Crippen LogP contribution in [0.25, 0.3) is 0 Å². The van der Waals surface area contributed by atoms with E-state index in [1.54, 1.807) is 0 Å². The topological polar surface area (TPSA) is 125 Å². The molecule has 0 aliphatic carbocycles. The number of terminal acetylenes is 1. The number of hydrogen-bond acceptors (Lipinski definition) is 8. The fourth-order valence-corrected chi connectivity index (χ4v) is 2.54. The quantitative estimate of drug-likeness (QED) is 0.0555. The average Bonchev–Trinajstić information content (AvgIpc) is 2.83. The van der Waals surface area contributed by atoms with E-state index >= 15 is 0 Å². The SMILES string of the molecule is C#CC#CC#CC#CC#CC#CC#CC(=O)OC[C@@H](COP(=O)([O-])[O-])OC(=O)CCCCCCCC.[Na+].[Na+]. The van der Waals surface area contributed by atoms with E-state index in [0.717, 1.165) is 32.1 Å². The molecular weight excluding hydrogens is 529 g/mol. The van der Waals surface area contributed by atoms with Crippen LogP contribution in [0.3, 0.4) is 0 Å². The Bertz CT molecular complexity index is 1210. The van der Waals surface area contributed by atoms with Gasteiger partial charge >= 0.3 is 71.1 Å². The summed E-state index contributed by atoms with van der Waals surface area (Å²) in [6.07, 6.45) is 9.42. The molecule has 0 fully saturated rings. The second-order valence-electron chi connectivity index (χ2n) is 6.62. The van der Waals surface area contributed by atoms with Crippen molar-refractivity contribution in [2.24, 2.45) is 0 Å². The van der Waals surface area contributed by atoms with E-state index in [2.05, 4.69) is 88.4 Å². The average molecular weight is 552 g/mol. The van der Waals surface area contributed by atoms with Crippen LogP contribution < -0.4 is 68.9 Å². The Hall–Kier alpha value is -2.03. The summed E-state index contributed by atoms with van der Waals surface area (Å²) in [5.41, 5.74) is 0. The van der Waals surface area contributed by atoms with Crippen LogP contribution in [0.5, 0.6) is 0 Å². The van der Waals surface area contributed by atoms with Crippen LogP contribution in [0.4, 0.5) is 0 Å². The first-order valence-corrected chi connectivity index (χ1v) is 12.2. The van der Waals surface area contributed by atoms with Crippen molar-refractivity contribution < 1.29 is 97.1 Å². The van der Waals surface area contributed by atoms with Gasteiger partial charge in [0, 0.05) is 12.3 Å². The molecule has 0 saturated carbocycles. The molecule has 0 spiro atoms. The monoisotopic (exact) mass is 552 g/mol. The van der Waals surface area contributed by atoms with Gasteiger partial charge < -0.3 is 28.3 Å². The second kappa shape index (κ2) is 28.0. The summed E-state index contributed by atoms with van der Waals surface area (Å²) in [7, 11) is -5.31. The zero-order valence-corrected chi connectivity index (χ0v) is 26.6. The Morgan fingerprint density at radius 1 is 0.789 bits per heavy atom. The Morgan fingerprint density at radius 3 is 1.82 bits per heavy atom. The van der Waals surface area contributed by atoms with Crippen LogP contribution in [-0.2, 0) is 28.2 Å². The van der Waals surface area contributed by atoms with Crippen molar-refractivity contribution in [3.63, 3.8) is 0 Å². The number of phosphoric acid groups is 1. The number of phosphoric ester groups is 1. The van der Waals surface area contributed by atoms with Crippen molar-refractivity contribution in [3.05, 3.63) is 0 Å². The van der Waals surface area contributed by atoms with Gasteiger partial charge in [0.1, 0.15) is 6.61 Å². The summed E-state index contributed by atoms with van der Waals surface area (Å²) < 4.78 is 24.7. The minimum atomic E-state index is -5.31. The maximum atomic E-state index is 12.0. The summed E-state index contributed by atoms with van der Waals surface area (Å²) in [6, 6.07) is 0. The molecule has 0 aliphatic heterocycles. The molecule has 0 aromatic carbocycles. The first kappa shape index (κ1) is 40.5. The Morgan fingerprint density at radius 2 is 1.29 bits per heavy atom. The minimum Gasteiger partial charge on any atom is -0.790 e. The second-order valence-corrected chi connectivity index (χ2v) is 7.77. The van der Waals surface area contributed by atoms with Gasteiger partial charge in [-0.3, -0.25) is 4.79 Å². The standard InChI is InChI=1S/C27H25O8P.2Na/c1-3-5-7-9-11-12-13-14-15-16-18-19-21-26(28)33-23-25(24-34-36(30,31)32)35-27(29)22-20-17-10-8-6-4-2;;/h1,25H,4,6,8,10,17,20,22-24H2,2H3,(H2,30,31,32);;/q;2*+1/p-2/t25-;;/m0../s1. The third-order valence-electron chi connectivity index (χ3n) is 3.71. The molecule has 0 amide bonds. The number of rotatable bonds is 13. The molecule has 11 heteroatoms. The van der Waals surface area contributed by atoms with E-state index < -0.39 is 39.1 Å². The minimum absolute atomic E-state index is 0. The number of unbranched alkanes of at least 4 members (excludes halogenated alkanes) is 5. The molecule has 1 atom stereocenters. The van der Waals surface area contributed by atoms with E-state index in [1.165, 1.54) is 0 Å². The number of carbonyl (C=O) groups is 2. The maximum Gasteiger partial charge on any atom is 1.00 e. The van der Waals surface area contributed by atoms with E-state index in [1.807, 2.05) is 0 Å². The van der Waals surface area contributed by atoms with Gasteiger partial charge in [-0.1, -0.05) is 39.0 Å². The fourth-order valence-electron chi connectivity index (χ4n) is 2.19. The molecule has 38 heavy (non-hydrogen) atoms. The molecule has 0 aromatic rings. The number of carbonyl (C=O) groups excluding carboxylic acids is 2. The third-order valence-corrected chi connectivity index (χ3v) is 4.18. The molecule has 0 unspecified atom stereocenters. The van der Waals surface area contributed by atoms with Crippen LogP contribution in [0.15, 0.2) is 0 Å². The predicted molar refractivity (Wildman–Crippen MR) is 128 cm³/mol. The van der Waals surface area contributed by atoms with E-state index in [0.29, 0.717) is 6.42 Å². The molecule has 0 heterocycles. The number of ether oxygens (including phenoxy) is 2. The Labute approximate surface area is 269 Å². The zero-order valence-electron chi connectivity index (χ0n) is 21.7. The molecule has 0 saturated heterocycles. The number of hydrogen-bond donors (Lipinski definition) is 0. The molecule has 0 rings (SSSR count). The summed E-state index contributed by atoms with van der Waals surface area (Å²) in [5, 5.41) is 0. The molecule has 0 aliphatic rings. The third kappa shape index (κ3) is 30.2. The van der Waals surface area contributed by atoms with Crippen molar-refractivity contribution >= 4 is 19.8 Å². The van der Waals surface area contributed by atoms with Crippen molar-refractivity contribution in [1.29, 1.82) is 0 Å². The van der Waals surface area contributed by atoms with Crippen LogP contribution >= 0.6 is 7.82 Å². The summed E-state index contributed by atoms with van der Waals surface area (Å²) in [4.78, 5) is 45.1. The molecule has 186 valence electrons. The van der Waals surface area contributed by atoms with Gasteiger partial charge in [0.25, 0.3) is 0 Å². The molecule has 0 radical (unpaired) electrons. The smallest absolute Gasteiger partial charge is 0.790 e. The first-order valence-electron chi connectivity index (χ1n) is 10.8. The maximum absolute atomic E-state index is 12.0. The largest absolute Gasteiger partial charge is 1.00 e.